The number of nitrogens with one attached hydrogen (secondary N) is 1. The van der Waals surface area contributed by atoms with E-state index in [0.717, 1.165) is 74.5 Å². The van der Waals surface area contributed by atoms with Crippen LogP contribution in [0.1, 0.15) is 36.1 Å². The number of aryl methyl sites for hydroxylation is 1. The quantitative estimate of drug-likeness (QED) is 0.673. The van der Waals surface area contributed by atoms with E-state index in [9.17, 15) is 4.79 Å². The number of benzene rings is 1. The van der Waals surface area contributed by atoms with Crippen molar-refractivity contribution in [2.45, 2.75) is 38.0 Å². The van der Waals surface area contributed by atoms with Gasteiger partial charge in [-0.15, -0.1) is 0 Å². The standard InChI is InChI=1S/C25H29N5O2/c1-17-16-21(26-20-5-3-2-4-18(17)20)29-10-8-25(9-11-29)7-6-19-22(25)27-24(28-23(19)31)30-12-14-32-15-13-30/h2-5,16H,6-15H2,1H3,(H,27,28,31). The summed E-state index contributed by atoms with van der Waals surface area (Å²) in [5.41, 5.74) is 4.31. The Hall–Kier alpha value is -2.93. The molecule has 32 heavy (non-hydrogen) atoms. The van der Waals surface area contributed by atoms with Crippen molar-refractivity contribution in [3.63, 3.8) is 0 Å². The second-order valence-corrected chi connectivity index (χ2v) is 9.40. The molecule has 0 unspecified atom stereocenters. The van der Waals surface area contributed by atoms with Crippen molar-refractivity contribution in [3.8, 4) is 0 Å². The van der Waals surface area contributed by atoms with Crippen molar-refractivity contribution < 1.29 is 4.74 Å². The molecule has 7 nitrogen and oxygen atoms in total. The Balaban J connectivity index is 1.28. The summed E-state index contributed by atoms with van der Waals surface area (Å²) in [6.07, 6.45) is 3.86. The van der Waals surface area contributed by atoms with Crippen LogP contribution in [-0.4, -0.2) is 54.3 Å². The van der Waals surface area contributed by atoms with E-state index in [1.54, 1.807) is 0 Å². The number of para-hydroxylation sites is 1. The molecule has 1 N–H and O–H groups in total. The van der Waals surface area contributed by atoms with Crippen LogP contribution in [0.2, 0.25) is 0 Å². The largest absolute Gasteiger partial charge is 0.378 e. The molecule has 6 rings (SSSR count). The Bertz CT molecular complexity index is 1220. The fourth-order valence-electron chi connectivity index (χ4n) is 5.71. The normalized spacial score (nSPS) is 20.2. The summed E-state index contributed by atoms with van der Waals surface area (Å²) in [6.45, 7) is 6.94. The maximum Gasteiger partial charge on any atom is 0.255 e. The zero-order valence-electron chi connectivity index (χ0n) is 18.6. The van der Waals surface area contributed by atoms with Crippen molar-refractivity contribution in [3.05, 3.63) is 57.5 Å². The van der Waals surface area contributed by atoms with Gasteiger partial charge in [0.15, 0.2) is 0 Å². The highest BCUT2D eigenvalue weighted by atomic mass is 16.5. The molecular weight excluding hydrogens is 402 g/mol. The Morgan fingerprint density at radius 3 is 2.59 bits per heavy atom. The molecule has 2 aliphatic heterocycles. The van der Waals surface area contributed by atoms with E-state index in [0.29, 0.717) is 19.2 Å². The molecule has 2 saturated heterocycles. The van der Waals surface area contributed by atoms with Gasteiger partial charge in [-0.05, 0) is 50.3 Å². The molecule has 3 aromatic rings. The van der Waals surface area contributed by atoms with Gasteiger partial charge in [0, 0.05) is 42.5 Å². The lowest BCUT2D eigenvalue weighted by atomic mass is 9.76. The van der Waals surface area contributed by atoms with Gasteiger partial charge in [-0.1, -0.05) is 18.2 Å². The topological polar surface area (TPSA) is 74.3 Å². The van der Waals surface area contributed by atoms with Crippen LogP contribution in [-0.2, 0) is 16.6 Å². The highest BCUT2D eigenvalue weighted by molar-refractivity contribution is 5.83. The van der Waals surface area contributed by atoms with E-state index in [1.165, 1.54) is 10.9 Å². The van der Waals surface area contributed by atoms with Crippen LogP contribution in [0.3, 0.4) is 0 Å². The lowest BCUT2D eigenvalue weighted by Crippen LogP contribution is -2.43. The van der Waals surface area contributed by atoms with E-state index < -0.39 is 0 Å². The highest BCUT2D eigenvalue weighted by Gasteiger charge is 2.44. The SMILES string of the molecule is Cc1cc(N2CCC3(CCc4c3nc(N3CCOCC3)[nH]c4=O)CC2)nc2ccccc12. The van der Waals surface area contributed by atoms with E-state index in [2.05, 4.69) is 52.0 Å². The number of hydrogen-bond acceptors (Lipinski definition) is 6. The number of aromatic nitrogens is 3. The number of rotatable bonds is 2. The maximum atomic E-state index is 12.9. The van der Waals surface area contributed by atoms with Gasteiger partial charge in [-0.25, -0.2) is 9.97 Å². The van der Waals surface area contributed by atoms with Crippen LogP contribution in [0.4, 0.5) is 11.8 Å². The molecule has 7 heteroatoms. The molecule has 0 bridgehead atoms. The number of H-pyrrole nitrogens is 1. The second-order valence-electron chi connectivity index (χ2n) is 9.40. The zero-order valence-corrected chi connectivity index (χ0v) is 18.6. The number of piperidine rings is 1. The van der Waals surface area contributed by atoms with E-state index in [1.807, 2.05) is 0 Å². The van der Waals surface area contributed by atoms with Gasteiger partial charge in [-0.3, -0.25) is 9.78 Å². The Morgan fingerprint density at radius 2 is 1.78 bits per heavy atom. The number of pyridine rings is 1. The molecular formula is C25H29N5O2. The Morgan fingerprint density at radius 1 is 1.00 bits per heavy atom. The predicted molar refractivity (Wildman–Crippen MR) is 126 cm³/mol. The number of fused-ring (bicyclic) bond motifs is 3. The second kappa shape index (κ2) is 7.59. The van der Waals surface area contributed by atoms with Crippen LogP contribution in [0.15, 0.2) is 35.1 Å². The molecule has 1 spiro atoms. The minimum Gasteiger partial charge on any atom is -0.378 e. The number of morpholine rings is 1. The summed E-state index contributed by atoms with van der Waals surface area (Å²) in [6, 6.07) is 10.6. The summed E-state index contributed by atoms with van der Waals surface area (Å²) in [5, 5.41) is 1.22. The van der Waals surface area contributed by atoms with Crippen molar-refractivity contribution in [1.29, 1.82) is 0 Å². The van der Waals surface area contributed by atoms with Crippen molar-refractivity contribution in [2.24, 2.45) is 0 Å². The third kappa shape index (κ3) is 3.18. The molecule has 0 radical (unpaired) electrons. The molecule has 2 fully saturated rings. The van der Waals surface area contributed by atoms with Crippen LogP contribution in [0.25, 0.3) is 10.9 Å². The highest BCUT2D eigenvalue weighted by Crippen LogP contribution is 2.45. The van der Waals surface area contributed by atoms with Gasteiger partial charge in [0.05, 0.1) is 24.4 Å². The summed E-state index contributed by atoms with van der Waals surface area (Å²) in [7, 11) is 0. The summed E-state index contributed by atoms with van der Waals surface area (Å²) >= 11 is 0. The number of nitrogens with zero attached hydrogens (tertiary/aromatic N) is 4. The molecule has 0 amide bonds. The first-order valence-corrected chi connectivity index (χ1v) is 11.7. The average molecular weight is 432 g/mol. The van der Waals surface area contributed by atoms with E-state index >= 15 is 0 Å². The molecule has 166 valence electrons. The number of hydrogen-bond donors (Lipinski definition) is 1. The molecule has 1 aliphatic carbocycles. The molecule has 2 aromatic heterocycles. The van der Waals surface area contributed by atoms with Crippen molar-refractivity contribution in [2.75, 3.05) is 49.2 Å². The van der Waals surface area contributed by atoms with Gasteiger partial charge < -0.3 is 14.5 Å². The summed E-state index contributed by atoms with van der Waals surface area (Å²) < 4.78 is 5.47. The first-order chi connectivity index (χ1) is 15.6. The third-order valence-electron chi connectivity index (χ3n) is 7.62. The van der Waals surface area contributed by atoms with Crippen molar-refractivity contribution >= 4 is 22.7 Å². The molecule has 0 atom stereocenters. The molecule has 1 aromatic carbocycles. The smallest absolute Gasteiger partial charge is 0.255 e. The number of aromatic amines is 1. The fraction of sp³-hybridized carbons (Fsp3) is 0.480. The molecule has 4 heterocycles. The third-order valence-corrected chi connectivity index (χ3v) is 7.62. The minimum absolute atomic E-state index is 0.00697. The van der Waals surface area contributed by atoms with Gasteiger partial charge in [-0.2, -0.15) is 0 Å². The van der Waals surface area contributed by atoms with Crippen LogP contribution < -0.4 is 15.4 Å². The lowest BCUT2D eigenvalue weighted by Gasteiger charge is -2.40. The van der Waals surface area contributed by atoms with Crippen LogP contribution >= 0.6 is 0 Å². The van der Waals surface area contributed by atoms with Gasteiger partial charge >= 0.3 is 0 Å². The molecule has 0 saturated carbocycles. The maximum absolute atomic E-state index is 12.9. The number of ether oxygens (including phenoxy) is 1. The van der Waals surface area contributed by atoms with Gasteiger partial charge in [0.2, 0.25) is 5.95 Å². The summed E-state index contributed by atoms with van der Waals surface area (Å²) in [4.78, 5) is 30.5. The Kier molecular flexibility index (Phi) is 4.68. The van der Waals surface area contributed by atoms with E-state index in [4.69, 9.17) is 14.7 Å². The monoisotopic (exact) mass is 431 g/mol. The Labute approximate surface area is 187 Å². The zero-order chi connectivity index (χ0) is 21.7. The first kappa shape index (κ1) is 19.7. The van der Waals surface area contributed by atoms with Gasteiger partial charge in [0.1, 0.15) is 5.82 Å². The van der Waals surface area contributed by atoms with Crippen LogP contribution in [0.5, 0.6) is 0 Å². The summed E-state index contributed by atoms with van der Waals surface area (Å²) in [5.74, 6) is 1.77. The first-order valence-electron chi connectivity index (χ1n) is 11.7. The van der Waals surface area contributed by atoms with Gasteiger partial charge in [0.25, 0.3) is 5.56 Å². The predicted octanol–water partition coefficient (Wildman–Crippen LogP) is 2.95. The molecule has 3 aliphatic rings. The average Bonchev–Trinajstić information content (AvgIpc) is 3.18. The lowest BCUT2D eigenvalue weighted by molar-refractivity contribution is 0.122. The van der Waals surface area contributed by atoms with Crippen LogP contribution in [0, 0.1) is 6.92 Å². The number of anilines is 2. The fourth-order valence-corrected chi connectivity index (χ4v) is 5.71. The van der Waals surface area contributed by atoms with Crippen molar-refractivity contribution in [1.82, 2.24) is 15.0 Å². The van der Waals surface area contributed by atoms with E-state index in [-0.39, 0.29) is 11.0 Å². The minimum atomic E-state index is 0.00697.